The first-order valence-corrected chi connectivity index (χ1v) is 14.1. The molecule has 1 aromatic rings. The third-order valence-corrected chi connectivity index (χ3v) is 6.10. The van der Waals surface area contributed by atoms with Crippen LogP contribution in [0.5, 0.6) is 0 Å². The molecule has 2 N–H and O–H groups in total. The maximum atomic E-state index is 11.8. The number of unbranched alkanes of at least 4 members (excludes halogenated alkanes) is 12. The molecule has 0 saturated carbocycles. The summed E-state index contributed by atoms with van der Waals surface area (Å²) in [6, 6.07) is 6.82. The van der Waals surface area contributed by atoms with E-state index in [0.717, 1.165) is 37.8 Å². The zero-order valence-electron chi connectivity index (χ0n) is 20.4. The maximum Gasteiger partial charge on any atom is 0.305 e. The largest absolute Gasteiger partial charge is 0.469 e. The third kappa shape index (κ3) is 16.2. The van der Waals surface area contributed by atoms with Crippen LogP contribution in [0.4, 0.5) is 5.69 Å². The van der Waals surface area contributed by atoms with Gasteiger partial charge in [-0.2, -0.15) is 0 Å². The van der Waals surface area contributed by atoms with Gasteiger partial charge in [0.05, 0.1) is 13.4 Å². The van der Waals surface area contributed by atoms with E-state index in [1.54, 1.807) is 24.3 Å². The lowest BCUT2D eigenvalue weighted by Crippen LogP contribution is -2.29. The number of nitrogens with one attached hydrogen (secondary N) is 2. The number of hydrogen-bond donors (Lipinski definition) is 2. The normalized spacial score (nSPS) is 11.2. The van der Waals surface area contributed by atoms with Gasteiger partial charge in [0.1, 0.15) is 0 Å². The Kier molecular flexibility index (Phi) is 15.3. The van der Waals surface area contributed by atoms with Crippen LogP contribution in [-0.4, -0.2) is 40.2 Å². The second-order valence-corrected chi connectivity index (χ2v) is 10.4. The molecular formula is C25H42N2O5S. The van der Waals surface area contributed by atoms with E-state index in [1.165, 1.54) is 71.3 Å². The van der Waals surface area contributed by atoms with Crippen molar-refractivity contribution in [3.63, 3.8) is 0 Å². The summed E-state index contributed by atoms with van der Waals surface area (Å²) in [5.41, 5.74) is 1.25. The first-order valence-electron chi connectivity index (χ1n) is 12.2. The number of carbonyl (C=O) groups excluding carboxylic acids is 2. The zero-order chi connectivity index (χ0) is 24.4. The average molecular weight is 483 g/mol. The lowest BCUT2D eigenvalue weighted by atomic mass is 10.0. The quantitative estimate of drug-likeness (QED) is 0.202. The Morgan fingerprint density at radius 3 is 1.67 bits per heavy atom. The third-order valence-electron chi connectivity index (χ3n) is 5.54. The van der Waals surface area contributed by atoms with E-state index in [4.69, 9.17) is 0 Å². The van der Waals surface area contributed by atoms with Crippen molar-refractivity contribution in [3.05, 3.63) is 29.8 Å². The summed E-state index contributed by atoms with van der Waals surface area (Å²) in [6.07, 6.45) is 17.5. The second-order valence-electron chi connectivity index (χ2n) is 8.63. The number of methoxy groups -OCH3 is 1. The van der Waals surface area contributed by atoms with Crippen LogP contribution in [0.25, 0.3) is 0 Å². The Labute approximate surface area is 200 Å². The van der Waals surface area contributed by atoms with Crippen molar-refractivity contribution >= 4 is 27.6 Å². The Bertz CT molecular complexity index is 778. The summed E-state index contributed by atoms with van der Waals surface area (Å²) in [5.74, 6) is -0.713. The van der Waals surface area contributed by atoms with Gasteiger partial charge in [-0.05, 0) is 37.1 Å². The number of rotatable bonds is 19. The molecule has 1 aromatic carbocycles. The fraction of sp³-hybridized carbons (Fsp3) is 0.680. The van der Waals surface area contributed by atoms with Crippen molar-refractivity contribution in [2.75, 3.05) is 25.2 Å². The maximum absolute atomic E-state index is 11.8. The molecule has 188 valence electrons. The van der Waals surface area contributed by atoms with Crippen LogP contribution >= 0.6 is 0 Å². The summed E-state index contributed by atoms with van der Waals surface area (Å²) < 4.78 is 28.8. The van der Waals surface area contributed by atoms with Gasteiger partial charge in [0, 0.05) is 24.2 Å². The highest BCUT2D eigenvalue weighted by atomic mass is 32.2. The number of sulfonamides is 1. The van der Waals surface area contributed by atoms with Gasteiger partial charge in [0.15, 0.2) is 0 Å². The zero-order valence-corrected chi connectivity index (χ0v) is 21.2. The van der Waals surface area contributed by atoms with E-state index in [2.05, 4.69) is 10.1 Å². The molecule has 0 atom stereocenters. The predicted molar refractivity (Wildman–Crippen MR) is 134 cm³/mol. The van der Waals surface area contributed by atoms with Crippen LogP contribution in [0.15, 0.2) is 24.3 Å². The summed E-state index contributed by atoms with van der Waals surface area (Å²) in [5, 5.41) is 3.34. The lowest BCUT2D eigenvalue weighted by molar-refractivity contribution is -0.140. The topological polar surface area (TPSA) is 102 Å². The van der Waals surface area contributed by atoms with E-state index in [9.17, 15) is 18.0 Å². The molecule has 0 aliphatic heterocycles. The van der Waals surface area contributed by atoms with Crippen molar-refractivity contribution in [1.29, 1.82) is 0 Å². The van der Waals surface area contributed by atoms with Crippen molar-refractivity contribution in [2.45, 2.75) is 89.9 Å². The molecule has 0 aliphatic carbocycles. The highest BCUT2D eigenvalue weighted by Gasteiger charge is 2.10. The number of carbonyl (C=O) groups is 2. The van der Waals surface area contributed by atoms with E-state index in [0.29, 0.717) is 12.0 Å². The molecule has 0 heterocycles. The summed E-state index contributed by atoms with van der Waals surface area (Å²) in [7, 11) is -2.11. The lowest BCUT2D eigenvalue weighted by Gasteiger charge is -2.08. The monoisotopic (exact) mass is 482 g/mol. The molecule has 0 radical (unpaired) electrons. The van der Waals surface area contributed by atoms with Gasteiger partial charge in [0.25, 0.3) is 5.91 Å². The molecule has 33 heavy (non-hydrogen) atoms. The van der Waals surface area contributed by atoms with Crippen molar-refractivity contribution < 1.29 is 22.7 Å². The fourth-order valence-electron chi connectivity index (χ4n) is 3.64. The van der Waals surface area contributed by atoms with Gasteiger partial charge in [-0.3, -0.25) is 9.59 Å². The van der Waals surface area contributed by atoms with E-state index in [1.807, 2.05) is 4.72 Å². The van der Waals surface area contributed by atoms with Crippen LogP contribution in [0.2, 0.25) is 0 Å². The Morgan fingerprint density at radius 2 is 1.21 bits per heavy atom. The van der Waals surface area contributed by atoms with Gasteiger partial charge in [-0.1, -0.05) is 70.6 Å². The summed E-state index contributed by atoms with van der Waals surface area (Å²) in [6.45, 7) is 0.883. The standard InChI is InChI=1S/C25H42N2O5S/c1-32-24(28)16-14-12-10-8-6-4-3-5-7-9-11-13-15-21-26-23-19-17-22(18-20-23)25(29)27-33(2,30)31/h17-20,26H,3-16,21H2,1-2H3,(H,27,29). The van der Waals surface area contributed by atoms with Gasteiger partial charge in [-0.25, -0.2) is 13.1 Å². The van der Waals surface area contributed by atoms with Crippen molar-refractivity contribution in [2.24, 2.45) is 0 Å². The van der Waals surface area contributed by atoms with E-state index in [-0.39, 0.29) is 5.97 Å². The smallest absolute Gasteiger partial charge is 0.305 e. The van der Waals surface area contributed by atoms with Crippen molar-refractivity contribution in [1.82, 2.24) is 4.72 Å². The van der Waals surface area contributed by atoms with Crippen LogP contribution < -0.4 is 10.0 Å². The molecule has 0 aliphatic rings. The Hall–Kier alpha value is -2.09. The molecule has 7 nitrogen and oxygen atoms in total. The molecule has 1 amide bonds. The van der Waals surface area contributed by atoms with Gasteiger partial charge >= 0.3 is 5.97 Å². The summed E-state index contributed by atoms with van der Waals surface area (Å²) in [4.78, 5) is 22.8. The Morgan fingerprint density at radius 1 is 0.758 bits per heavy atom. The van der Waals surface area contributed by atoms with E-state index >= 15 is 0 Å². The highest BCUT2D eigenvalue weighted by molar-refractivity contribution is 7.89. The Balaban J connectivity index is 1.91. The molecule has 0 bridgehead atoms. The average Bonchev–Trinajstić information content (AvgIpc) is 2.77. The minimum Gasteiger partial charge on any atom is -0.469 e. The number of esters is 1. The number of benzene rings is 1. The van der Waals surface area contributed by atoms with Gasteiger partial charge in [-0.15, -0.1) is 0 Å². The second kappa shape index (κ2) is 17.4. The van der Waals surface area contributed by atoms with Crippen molar-refractivity contribution in [3.8, 4) is 0 Å². The molecule has 1 rings (SSSR count). The molecule has 0 spiro atoms. The molecule has 0 fully saturated rings. The first kappa shape index (κ1) is 28.9. The van der Waals surface area contributed by atoms with Gasteiger partial charge in [0.2, 0.25) is 10.0 Å². The fourth-order valence-corrected chi connectivity index (χ4v) is 4.10. The summed E-state index contributed by atoms with van der Waals surface area (Å²) >= 11 is 0. The number of amides is 1. The highest BCUT2D eigenvalue weighted by Crippen LogP contribution is 2.14. The SMILES string of the molecule is COC(=O)CCCCCCCCCCCCCCCNc1ccc(C(=O)NS(C)(=O)=O)cc1. The minimum atomic E-state index is -3.55. The number of ether oxygens (including phenoxy) is 1. The number of anilines is 1. The van der Waals surface area contributed by atoms with Gasteiger partial charge < -0.3 is 10.1 Å². The molecule has 0 aromatic heterocycles. The minimum absolute atomic E-state index is 0.0990. The van der Waals surface area contributed by atoms with Crippen LogP contribution in [0, 0.1) is 0 Å². The van der Waals surface area contributed by atoms with E-state index < -0.39 is 15.9 Å². The predicted octanol–water partition coefficient (Wildman–Crippen LogP) is 5.42. The number of hydrogen-bond acceptors (Lipinski definition) is 6. The molecular weight excluding hydrogens is 440 g/mol. The van der Waals surface area contributed by atoms with Crippen LogP contribution in [0.3, 0.4) is 0 Å². The molecule has 0 saturated heterocycles. The van der Waals surface area contributed by atoms with Crippen LogP contribution in [0.1, 0.15) is 100 Å². The van der Waals surface area contributed by atoms with Crippen LogP contribution in [-0.2, 0) is 19.6 Å². The first-order chi connectivity index (χ1) is 15.8. The molecule has 8 heteroatoms. The molecule has 0 unspecified atom stereocenters.